The first-order valence-electron chi connectivity index (χ1n) is 7.50. The fourth-order valence-electron chi connectivity index (χ4n) is 2.69. The van der Waals surface area contributed by atoms with Crippen LogP contribution in [-0.4, -0.2) is 67.5 Å². The SMILES string of the molecule is N#Cc1ccc(S(=O)(=O)N2CSC[C@@H]2C(=O)N2CCOCC2)cc1. The van der Waals surface area contributed by atoms with Crippen LogP contribution in [0.2, 0.25) is 0 Å². The van der Waals surface area contributed by atoms with E-state index in [0.717, 1.165) is 0 Å². The third-order valence-corrected chi connectivity index (χ3v) is 7.08. The van der Waals surface area contributed by atoms with Crippen LogP contribution in [0.3, 0.4) is 0 Å². The Morgan fingerprint density at radius 3 is 2.54 bits per heavy atom. The molecule has 2 fully saturated rings. The summed E-state index contributed by atoms with van der Waals surface area (Å²) in [6.45, 7) is 1.94. The van der Waals surface area contributed by atoms with Crippen molar-refractivity contribution in [2.75, 3.05) is 37.9 Å². The van der Waals surface area contributed by atoms with Gasteiger partial charge in [-0.25, -0.2) is 8.42 Å². The topological polar surface area (TPSA) is 90.7 Å². The van der Waals surface area contributed by atoms with Crippen molar-refractivity contribution in [2.24, 2.45) is 0 Å². The Balaban J connectivity index is 1.83. The number of nitriles is 1. The normalized spacial score (nSPS) is 22.3. The minimum atomic E-state index is -3.77. The van der Waals surface area contributed by atoms with E-state index in [2.05, 4.69) is 0 Å². The third-order valence-electron chi connectivity index (χ3n) is 4.04. The van der Waals surface area contributed by atoms with Crippen LogP contribution in [0.1, 0.15) is 5.56 Å². The van der Waals surface area contributed by atoms with E-state index in [0.29, 0.717) is 37.6 Å². The van der Waals surface area contributed by atoms with Crippen LogP contribution in [0.4, 0.5) is 0 Å². The van der Waals surface area contributed by atoms with Crippen LogP contribution in [0, 0.1) is 11.3 Å². The molecule has 0 radical (unpaired) electrons. The number of thioether (sulfide) groups is 1. The van der Waals surface area contributed by atoms with Gasteiger partial charge in [0.1, 0.15) is 6.04 Å². The number of amides is 1. The molecule has 2 aliphatic heterocycles. The van der Waals surface area contributed by atoms with E-state index in [1.54, 1.807) is 4.90 Å². The van der Waals surface area contributed by atoms with E-state index in [9.17, 15) is 13.2 Å². The van der Waals surface area contributed by atoms with Gasteiger partial charge < -0.3 is 9.64 Å². The van der Waals surface area contributed by atoms with E-state index in [-0.39, 0.29) is 16.7 Å². The lowest BCUT2D eigenvalue weighted by atomic mass is 10.2. The molecule has 0 unspecified atom stereocenters. The number of benzene rings is 1. The minimum Gasteiger partial charge on any atom is -0.378 e. The number of hydrogen-bond donors (Lipinski definition) is 0. The van der Waals surface area contributed by atoms with Crippen molar-refractivity contribution < 1.29 is 17.9 Å². The lowest BCUT2D eigenvalue weighted by Gasteiger charge is -2.31. The summed E-state index contributed by atoms with van der Waals surface area (Å²) in [6.07, 6.45) is 0. The highest BCUT2D eigenvalue weighted by Crippen LogP contribution is 2.29. The molecule has 0 bridgehead atoms. The van der Waals surface area contributed by atoms with Crippen LogP contribution in [-0.2, 0) is 19.6 Å². The highest BCUT2D eigenvalue weighted by Gasteiger charge is 2.41. The van der Waals surface area contributed by atoms with Crippen LogP contribution in [0.5, 0.6) is 0 Å². The summed E-state index contributed by atoms with van der Waals surface area (Å²) in [5.74, 6) is 0.537. The van der Waals surface area contributed by atoms with Crippen molar-refractivity contribution in [1.29, 1.82) is 5.26 Å². The molecule has 2 saturated heterocycles. The molecule has 1 aromatic carbocycles. The van der Waals surface area contributed by atoms with Gasteiger partial charge in [-0.15, -0.1) is 11.8 Å². The second-order valence-electron chi connectivity index (χ2n) is 5.48. The van der Waals surface area contributed by atoms with Crippen molar-refractivity contribution in [3.05, 3.63) is 29.8 Å². The molecule has 3 rings (SSSR count). The quantitative estimate of drug-likeness (QED) is 0.772. The number of rotatable bonds is 3. The molecule has 7 nitrogen and oxygen atoms in total. The second-order valence-corrected chi connectivity index (χ2v) is 8.37. The first-order valence-corrected chi connectivity index (χ1v) is 10.1. The lowest BCUT2D eigenvalue weighted by Crippen LogP contribution is -2.51. The fourth-order valence-corrected chi connectivity index (χ4v) is 5.82. The predicted molar refractivity (Wildman–Crippen MR) is 88.7 cm³/mol. The molecular formula is C15H17N3O4S2. The summed E-state index contributed by atoms with van der Waals surface area (Å²) in [4.78, 5) is 14.5. The molecule has 1 atom stereocenters. The molecule has 1 aromatic rings. The highest BCUT2D eigenvalue weighted by atomic mass is 32.2. The van der Waals surface area contributed by atoms with Gasteiger partial charge in [-0.1, -0.05) is 0 Å². The van der Waals surface area contributed by atoms with Crippen molar-refractivity contribution in [2.45, 2.75) is 10.9 Å². The number of ether oxygens (including phenoxy) is 1. The third kappa shape index (κ3) is 3.28. The van der Waals surface area contributed by atoms with Crippen LogP contribution < -0.4 is 0 Å². The number of carbonyl (C=O) groups is 1. The Morgan fingerprint density at radius 1 is 1.25 bits per heavy atom. The number of hydrogen-bond acceptors (Lipinski definition) is 6. The Bertz CT molecular complexity index is 752. The number of morpholine rings is 1. The van der Waals surface area contributed by atoms with Gasteiger partial charge in [0.2, 0.25) is 15.9 Å². The lowest BCUT2D eigenvalue weighted by molar-refractivity contribution is -0.138. The average Bonchev–Trinajstić information content (AvgIpc) is 3.12. The van der Waals surface area contributed by atoms with Gasteiger partial charge in [-0.2, -0.15) is 9.57 Å². The molecule has 1 amide bonds. The van der Waals surface area contributed by atoms with Crippen molar-refractivity contribution in [3.8, 4) is 6.07 Å². The molecule has 0 spiro atoms. The fraction of sp³-hybridized carbons (Fsp3) is 0.467. The molecule has 9 heteroatoms. The van der Waals surface area contributed by atoms with Crippen molar-refractivity contribution in [3.63, 3.8) is 0 Å². The van der Waals surface area contributed by atoms with Crippen LogP contribution in [0.15, 0.2) is 29.2 Å². The highest BCUT2D eigenvalue weighted by molar-refractivity contribution is 8.00. The first-order chi connectivity index (χ1) is 11.5. The summed E-state index contributed by atoms with van der Waals surface area (Å²) < 4.78 is 32.2. The smallest absolute Gasteiger partial charge is 0.244 e. The summed E-state index contributed by atoms with van der Waals surface area (Å²) >= 11 is 1.43. The predicted octanol–water partition coefficient (Wildman–Crippen LogP) is 0.481. The Hall–Kier alpha value is -1.60. The van der Waals surface area contributed by atoms with E-state index in [4.69, 9.17) is 10.00 Å². The van der Waals surface area contributed by atoms with Gasteiger partial charge in [0.15, 0.2) is 0 Å². The largest absolute Gasteiger partial charge is 0.378 e. The summed E-state index contributed by atoms with van der Waals surface area (Å²) in [6, 6.07) is 7.03. The van der Waals surface area contributed by atoms with E-state index in [1.165, 1.54) is 40.3 Å². The zero-order chi connectivity index (χ0) is 17.2. The van der Waals surface area contributed by atoms with Crippen molar-refractivity contribution in [1.82, 2.24) is 9.21 Å². The van der Waals surface area contributed by atoms with Gasteiger partial charge in [-0.05, 0) is 24.3 Å². The van der Waals surface area contributed by atoms with Gasteiger partial charge >= 0.3 is 0 Å². The maximum absolute atomic E-state index is 12.9. The number of sulfonamides is 1. The van der Waals surface area contributed by atoms with E-state index < -0.39 is 16.1 Å². The molecule has 0 N–H and O–H groups in total. The van der Waals surface area contributed by atoms with Crippen molar-refractivity contribution >= 4 is 27.7 Å². The number of nitrogens with zero attached hydrogens (tertiary/aromatic N) is 3. The monoisotopic (exact) mass is 367 g/mol. The maximum atomic E-state index is 12.9. The molecule has 2 aliphatic rings. The molecule has 0 saturated carbocycles. The van der Waals surface area contributed by atoms with Gasteiger partial charge in [0, 0.05) is 18.8 Å². The Morgan fingerprint density at radius 2 is 1.92 bits per heavy atom. The minimum absolute atomic E-state index is 0.101. The summed E-state index contributed by atoms with van der Waals surface area (Å²) in [5.41, 5.74) is 0.394. The van der Waals surface area contributed by atoms with Gasteiger partial charge in [0.05, 0.1) is 35.6 Å². The van der Waals surface area contributed by atoms with Gasteiger partial charge in [0.25, 0.3) is 0 Å². The van der Waals surface area contributed by atoms with E-state index in [1.807, 2.05) is 6.07 Å². The Kier molecular flexibility index (Phi) is 5.10. The van der Waals surface area contributed by atoms with Gasteiger partial charge in [-0.3, -0.25) is 4.79 Å². The summed E-state index contributed by atoms with van der Waals surface area (Å²) in [5, 5.41) is 8.83. The van der Waals surface area contributed by atoms with Crippen LogP contribution >= 0.6 is 11.8 Å². The molecule has 24 heavy (non-hydrogen) atoms. The zero-order valence-electron chi connectivity index (χ0n) is 12.9. The standard InChI is InChI=1S/C15H17N3O4S2/c16-9-12-1-3-13(4-2-12)24(20,21)18-11-23-10-14(18)15(19)17-5-7-22-8-6-17/h1-4,14H,5-8,10-11H2/t14-/m1/s1. The number of carbonyl (C=O) groups excluding carboxylic acids is 1. The molecular weight excluding hydrogens is 350 g/mol. The molecule has 0 aliphatic carbocycles. The summed E-state index contributed by atoms with van der Waals surface area (Å²) in [7, 11) is -3.77. The molecule has 0 aromatic heterocycles. The van der Waals surface area contributed by atoms with E-state index >= 15 is 0 Å². The zero-order valence-corrected chi connectivity index (χ0v) is 14.6. The average molecular weight is 367 g/mol. The van der Waals surface area contributed by atoms with Crippen LogP contribution in [0.25, 0.3) is 0 Å². The Labute approximate surface area is 145 Å². The molecule has 128 valence electrons. The first kappa shape index (κ1) is 17.2. The second kappa shape index (κ2) is 7.11. The maximum Gasteiger partial charge on any atom is 0.244 e. The molecule has 2 heterocycles.